The summed E-state index contributed by atoms with van der Waals surface area (Å²) in [4.78, 5) is 0. The summed E-state index contributed by atoms with van der Waals surface area (Å²) in [7, 11) is 0. The molecule has 2 aromatic rings. The Balaban J connectivity index is 2.53. The van der Waals surface area contributed by atoms with E-state index in [-0.39, 0.29) is 16.3 Å². The van der Waals surface area contributed by atoms with Gasteiger partial charge in [-0.25, -0.2) is 22.0 Å². The molecule has 8 heteroatoms. The number of nitrogens with one attached hydrogen (secondary N) is 1. The summed E-state index contributed by atoms with van der Waals surface area (Å²) in [6, 6.07) is 5.40. The number of hydrogen-bond acceptors (Lipinski definition) is 2. The lowest BCUT2D eigenvalue weighted by Crippen LogP contribution is -2.07. The van der Waals surface area contributed by atoms with Crippen molar-refractivity contribution in [2.45, 2.75) is 0 Å². The summed E-state index contributed by atoms with van der Waals surface area (Å²) in [6.07, 6.45) is 0. The van der Waals surface area contributed by atoms with Crippen molar-refractivity contribution in [1.82, 2.24) is 0 Å². The third-order valence-corrected chi connectivity index (χ3v) is 2.88. The highest BCUT2D eigenvalue weighted by molar-refractivity contribution is 6.33. The van der Waals surface area contributed by atoms with Crippen LogP contribution in [0.2, 0.25) is 5.02 Å². The maximum absolute atomic E-state index is 13.5. The standard InChI is InChI=1S/C13H4ClF5N2/c14-6-3-5(4-20)1-2-7(6)21-13-11(18)9(16)8(15)10(17)12(13)19/h1-3,21H. The van der Waals surface area contributed by atoms with E-state index in [4.69, 9.17) is 16.9 Å². The number of hydrogen-bond donors (Lipinski definition) is 1. The zero-order valence-corrected chi connectivity index (χ0v) is 10.7. The van der Waals surface area contributed by atoms with Gasteiger partial charge in [-0.05, 0) is 18.2 Å². The van der Waals surface area contributed by atoms with Crippen molar-refractivity contribution in [3.8, 4) is 6.07 Å². The lowest BCUT2D eigenvalue weighted by molar-refractivity contribution is 0.382. The molecule has 0 heterocycles. The molecule has 0 aliphatic carbocycles. The molecule has 21 heavy (non-hydrogen) atoms. The van der Waals surface area contributed by atoms with Crippen LogP contribution in [0.1, 0.15) is 5.56 Å². The van der Waals surface area contributed by atoms with Gasteiger partial charge in [-0.2, -0.15) is 5.26 Å². The van der Waals surface area contributed by atoms with Crippen molar-refractivity contribution in [3.63, 3.8) is 0 Å². The molecule has 1 N–H and O–H groups in total. The minimum atomic E-state index is -2.25. The lowest BCUT2D eigenvalue weighted by Gasteiger charge is -2.12. The van der Waals surface area contributed by atoms with Crippen molar-refractivity contribution in [2.75, 3.05) is 5.32 Å². The zero-order valence-electron chi connectivity index (χ0n) is 9.95. The molecule has 0 saturated heterocycles. The van der Waals surface area contributed by atoms with Gasteiger partial charge in [0.2, 0.25) is 5.82 Å². The molecule has 0 spiro atoms. The lowest BCUT2D eigenvalue weighted by atomic mass is 10.2. The normalized spacial score (nSPS) is 10.3. The van der Waals surface area contributed by atoms with Gasteiger partial charge in [0.1, 0.15) is 5.69 Å². The van der Waals surface area contributed by atoms with Gasteiger partial charge in [0.15, 0.2) is 23.3 Å². The zero-order chi connectivity index (χ0) is 15.7. The second-order valence-corrected chi connectivity index (χ2v) is 4.28. The van der Waals surface area contributed by atoms with E-state index < -0.39 is 34.8 Å². The summed E-state index contributed by atoms with van der Waals surface area (Å²) >= 11 is 5.75. The van der Waals surface area contributed by atoms with Crippen LogP contribution in [0.5, 0.6) is 0 Å². The van der Waals surface area contributed by atoms with Crippen LogP contribution in [0.15, 0.2) is 18.2 Å². The van der Waals surface area contributed by atoms with Gasteiger partial charge in [0.05, 0.1) is 22.3 Å². The summed E-state index contributed by atoms with van der Waals surface area (Å²) < 4.78 is 66.0. The number of benzene rings is 2. The van der Waals surface area contributed by atoms with Gasteiger partial charge in [-0.15, -0.1) is 0 Å². The molecule has 2 aromatic carbocycles. The van der Waals surface area contributed by atoms with Crippen LogP contribution < -0.4 is 5.32 Å². The van der Waals surface area contributed by atoms with Crippen molar-refractivity contribution in [3.05, 3.63) is 57.9 Å². The largest absolute Gasteiger partial charge is 0.349 e. The first-order chi connectivity index (χ1) is 9.86. The monoisotopic (exact) mass is 318 g/mol. The van der Waals surface area contributed by atoms with Crippen LogP contribution in [0, 0.1) is 40.4 Å². The fourth-order valence-electron chi connectivity index (χ4n) is 1.54. The van der Waals surface area contributed by atoms with Crippen LogP contribution in [0.25, 0.3) is 0 Å². The summed E-state index contributed by atoms with van der Waals surface area (Å²) in [5.41, 5.74) is -1.17. The Kier molecular flexibility index (Phi) is 4.00. The SMILES string of the molecule is N#Cc1ccc(Nc2c(F)c(F)c(F)c(F)c2F)c(Cl)c1. The molecular weight excluding hydrogens is 315 g/mol. The molecule has 0 bridgehead atoms. The van der Waals surface area contributed by atoms with Crippen LogP contribution in [-0.4, -0.2) is 0 Å². The van der Waals surface area contributed by atoms with E-state index in [0.29, 0.717) is 0 Å². The number of nitriles is 1. The van der Waals surface area contributed by atoms with E-state index in [0.717, 1.165) is 0 Å². The van der Waals surface area contributed by atoms with Gasteiger partial charge in [-0.3, -0.25) is 0 Å². The summed E-state index contributed by atoms with van der Waals surface area (Å²) in [6.45, 7) is 0. The molecule has 0 aliphatic heterocycles. The maximum Gasteiger partial charge on any atom is 0.200 e. The van der Waals surface area contributed by atoms with Crippen LogP contribution in [-0.2, 0) is 0 Å². The fourth-order valence-corrected chi connectivity index (χ4v) is 1.76. The molecule has 0 aromatic heterocycles. The van der Waals surface area contributed by atoms with Crippen LogP contribution in [0.4, 0.5) is 33.3 Å². The van der Waals surface area contributed by atoms with Crippen LogP contribution >= 0.6 is 11.6 Å². The molecule has 2 nitrogen and oxygen atoms in total. The molecule has 108 valence electrons. The Morgan fingerprint density at radius 3 is 1.90 bits per heavy atom. The molecule has 0 amide bonds. The van der Waals surface area contributed by atoms with E-state index in [1.807, 2.05) is 5.32 Å². The topological polar surface area (TPSA) is 35.8 Å². The molecule has 0 saturated carbocycles. The number of halogens is 6. The first-order valence-electron chi connectivity index (χ1n) is 5.35. The third-order valence-electron chi connectivity index (χ3n) is 2.57. The van der Waals surface area contributed by atoms with Gasteiger partial charge in [0.25, 0.3) is 0 Å². The molecule has 0 unspecified atom stereocenters. The first kappa shape index (κ1) is 15.1. The molecule has 0 fully saturated rings. The minimum absolute atomic E-state index is 0.112. The predicted molar refractivity (Wildman–Crippen MR) is 65.7 cm³/mol. The summed E-state index contributed by atoms with van der Waals surface area (Å²) in [5.74, 6) is -10.4. The highest BCUT2D eigenvalue weighted by atomic mass is 35.5. The molecule has 0 aliphatic rings. The molecule has 0 atom stereocenters. The summed E-state index contributed by atoms with van der Waals surface area (Å²) in [5, 5.41) is 10.6. The number of nitrogens with zero attached hydrogens (tertiary/aromatic N) is 1. The minimum Gasteiger partial charge on any atom is -0.349 e. The van der Waals surface area contributed by atoms with Crippen LogP contribution in [0.3, 0.4) is 0 Å². The highest BCUT2D eigenvalue weighted by Crippen LogP contribution is 2.32. The van der Waals surface area contributed by atoms with Crippen molar-refractivity contribution >= 4 is 23.0 Å². The predicted octanol–water partition coefficient (Wildman–Crippen LogP) is 4.65. The van der Waals surface area contributed by atoms with E-state index in [1.54, 1.807) is 6.07 Å². The second-order valence-electron chi connectivity index (χ2n) is 3.88. The number of rotatable bonds is 2. The Hall–Kier alpha value is -2.33. The quantitative estimate of drug-likeness (QED) is 0.497. The van der Waals surface area contributed by atoms with E-state index in [9.17, 15) is 22.0 Å². The van der Waals surface area contributed by atoms with Gasteiger partial charge < -0.3 is 5.32 Å². The van der Waals surface area contributed by atoms with E-state index in [1.165, 1.54) is 18.2 Å². The Morgan fingerprint density at radius 1 is 0.905 bits per heavy atom. The molecular formula is C13H4ClF5N2. The first-order valence-corrected chi connectivity index (χ1v) is 5.72. The van der Waals surface area contributed by atoms with E-state index >= 15 is 0 Å². The van der Waals surface area contributed by atoms with Gasteiger partial charge in [-0.1, -0.05) is 11.6 Å². The van der Waals surface area contributed by atoms with Gasteiger partial charge in [0, 0.05) is 0 Å². The molecule has 0 radical (unpaired) electrons. The average molecular weight is 319 g/mol. The second kappa shape index (κ2) is 5.58. The van der Waals surface area contributed by atoms with E-state index in [2.05, 4.69) is 0 Å². The van der Waals surface area contributed by atoms with Crippen molar-refractivity contribution in [2.24, 2.45) is 0 Å². The third kappa shape index (κ3) is 2.62. The highest BCUT2D eigenvalue weighted by Gasteiger charge is 2.26. The smallest absolute Gasteiger partial charge is 0.200 e. The fraction of sp³-hybridized carbons (Fsp3) is 0. The average Bonchev–Trinajstić information content (AvgIpc) is 2.48. The maximum atomic E-state index is 13.5. The van der Waals surface area contributed by atoms with Gasteiger partial charge >= 0.3 is 0 Å². The van der Waals surface area contributed by atoms with Crippen molar-refractivity contribution in [1.29, 1.82) is 5.26 Å². The Morgan fingerprint density at radius 2 is 1.43 bits per heavy atom. The Labute approximate surface area is 120 Å². The van der Waals surface area contributed by atoms with Crippen molar-refractivity contribution < 1.29 is 22.0 Å². The Bertz CT molecular complexity index is 741. The number of anilines is 2. The molecule has 2 rings (SSSR count).